The summed E-state index contributed by atoms with van der Waals surface area (Å²) in [6.07, 6.45) is 0. The molecule has 0 radical (unpaired) electrons. The Morgan fingerprint density at radius 2 is 1.08 bits per heavy atom. The lowest BCUT2D eigenvalue weighted by Gasteiger charge is -2.22. The molecular weight excluding hydrogens is 343 g/mol. The molecule has 3 aromatic carbocycles. The summed E-state index contributed by atoms with van der Waals surface area (Å²) < 4.78 is 25.4. The fourth-order valence-corrected chi connectivity index (χ4v) is 4.07. The topological polar surface area (TPSA) is 35.5 Å². The quantitative estimate of drug-likeness (QED) is 0.523. The van der Waals surface area contributed by atoms with Crippen LogP contribution in [0.4, 0.5) is 0 Å². The molecule has 134 valence electrons. The molecule has 0 aliphatic carbocycles. The highest BCUT2D eigenvalue weighted by molar-refractivity contribution is 7.63. The van der Waals surface area contributed by atoms with E-state index in [0.717, 1.165) is 5.56 Å². The van der Waals surface area contributed by atoms with Crippen molar-refractivity contribution in [3.05, 3.63) is 90.5 Å². The first-order valence-corrected chi connectivity index (χ1v) is 10.1. The van der Waals surface area contributed by atoms with Gasteiger partial charge in [-0.3, -0.25) is 0 Å². The third-order valence-electron chi connectivity index (χ3n) is 3.99. The SMILES string of the molecule is CC(C)(C)c1ccc(P(=O)(Oc2ccccc2)Oc2ccccc2)cc1. The van der Waals surface area contributed by atoms with E-state index < -0.39 is 7.60 Å². The van der Waals surface area contributed by atoms with E-state index in [-0.39, 0.29) is 5.41 Å². The van der Waals surface area contributed by atoms with E-state index in [1.165, 1.54) is 0 Å². The van der Waals surface area contributed by atoms with Crippen LogP contribution in [-0.4, -0.2) is 0 Å². The fraction of sp³-hybridized carbons (Fsp3) is 0.182. The van der Waals surface area contributed by atoms with Crippen molar-refractivity contribution in [2.24, 2.45) is 0 Å². The summed E-state index contributed by atoms with van der Waals surface area (Å²) in [5.41, 5.74) is 1.18. The lowest BCUT2D eigenvalue weighted by Crippen LogP contribution is -2.17. The van der Waals surface area contributed by atoms with Crippen LogP contribution in [0.5, 0.6) is 11.5 Å². The van der Waals surface area contributed by atoms with Gasteiger partial charge in [0.2, 0.25) is 0 Å². The molecule has 0 fully saturated rings. The minimum absolute atomic E-state index is 0.0170. The van der Waals surface area contributed by atoms with Gasteiger partial charge < -0.3 is 9.05 Å². The second kappa shape index (κ2) is 7.39. The molecule has 0 N–H and O–H groups in total. The molecule has 0 aromatic heterocycles. The van der Waals surface area contributed by atoms with E-state index in [0.29, 0.717) is 16.8 Å². The van der Waals surface area contributed by atoms with Crippen LogP contribution in [0.15, 0.2) is 84.9 Å². The highest BCUT2D eigenvalue weighted by atomic mass is 31.2. The minimum Gasteiger partial charge on any atom is -0.413 e. The van der Waals surface area contributed by atoms with E-state index in [9.17, 15) is 4.57 Å². The summed E-state index contributed by atoms with van der Waals surface area (Å²) in [6.45, 7) is 6.42. The first kappa shape index (κ1) is 18.3. The summed E-state index contributed by atoms with van der Waals surface area (Å²) in [5, 5.41) is 0.526. The van der Waals surface area contributed by atoms with Crippen molar-refractivity contribution in [2.75, 3.05) is 0 Å². The molecule has 26 heavy (non-hydrogen) atoms. The Hall–Kier alpha value is -2.51. The van der Waals surface area contributed by atoms with Crippen molar-refractivity contribution < 1.29 is 13.6 Å². The molecule has 4 heteroatoms. The summed E-state index contributed by atoms with van der Waals surface area (Å²) in [5.74, 6) is 1.01. The highest BCUT2D eigenvalue weighted by Gasteiger charge is 2.31. The predicted octanol–water partition coefficient (Wildman–Crippen LogP) is 5.96. The minimum atomic E-state index is -3.59. The summed E-state index contributed by atoms with van der Waals surface area (Å²) in [7, 11) is -3.59. The Bertz CT molecular complexity index is 837. The third-order valence-corrected chi connectivity index (χ3v) is 5.82. The van der Waals surface area contributed by atoms with Crippen molar-refractivity contribution in [1.29, 1.82) is 0 Å². The zero-order chi connectivity index (χ0) is 18.6. The molecule has 3 rings (SSSR count). The molecule has 3 aromatic rings. The number of hydrogen-bond donors (Lipinski definition) is 0. The van der Waals surface area contributed by atoms with Gasteiger partial charge in [0.15, 0.2) is 0 Å². The zero-order valence-electron chi connectivity index (χ0n) is 15.3. The van der Waals surface area contributed by atoms with E-state index in [4.69, 9.17) is 9.05 Å². The van der Waals surface area contributed by atoms with E-state index in [1.54, 1.807) is 24.3 Å². The van der Waals surface area contributed by atoms with Crippen molar-refractivity contribution in [3.8, 4) is 11.5 Å². The zero-order valence-corrected chi connectivity index (χ0v) is 16.1. The molecule has 0 spiro atoms. The van der Waals surface area contributed by atoms with Gasteiger partial charge in [0.25, 0.3) is 0 Å². The molecule has 0 heterocycles. The molecule has 0 unspecified atom stereocenters. The van der Waals surface area contributed by atoms with Gasteiger partial charge in [-0.1, -0.05) is 69.3 Å². The fourth-order valence-electron chi connectivity index (χ4n) is 2.51. The normalized spacial score (nSPS) is 11.8. The third kappa shape index (κ3) is 4.36. The van der Waals surface area contributed by atoms with Crippen molar-refractivity contribution in [1.82, 2.24) is 0 Å². The first-order valence-electron chi connectivity index (χ1n) is 8.57. The number of benzene rings is 3. The smallest absolute Gasteiger partial charge is 0.413 e. The van der Waals surface area contributed by atoms with E-state index in [1.807, 2.05) is 60.7 Å². The van der Waals surface area contributed by atoms with Crippen LogP contribution < -0.4 is 14.4 Å². The van der Waals surface area contributed by atoms with Gasteiger partial charge in [-0.15, -0.1) is 0 Å². The van der Waals surface area contributed by atoms with Gasteiger partial charge in [0, 0.05) is 0 Å². The molecule has 0 saturated heterocycles. The number of hydrogen-bond acceptors (Lipinski definition) is 3. The van der Waals surface area contributed by atoms with Crippen LogP contribution in [0.3, 0.4) is 0 Å². The molecule has 3 nitrogen and oxygen atoms in total. The molecule has 0 aliphatic heterocycles. The van der Waals surface area contributed by atoms with Crippen molar-refractivity contribution in [3.63, 3.8) is 0 Å². The number of para-hydroxylation sites is 2. The lowest BCUT2D eigenvalue weighted by atomic mass is 9.87. The second-order valence-electron chi connectivity index (χ2n) is 7.10. The van der Waals surface area contributed by atoms with Crippen LogP contribution >= 0.6 is 7.60 Å². The monoisotopic (exact) mass is 366 g/mol. The van der Waals surface area contributed by atoms with Crippen LogP contribution in [0.2, 0.25) is 0 Å². The van der Waals surface area contributed by atoms with Crippen LogP contribution in [0.25, 0.3) is 0 Å². The van der Waals surface area contributed by atoms with Gasteiger partial charge >= 0.3 is 7.60 Å². The summed E-state index contributed by atoms with van der Waals surface area (Å²) >= 11 is 0. The standard InChI is InChI=1S/C22H23O3P/c1-22(2,3)18-14-16-21(17-15-18)26(23,24-19-10-6-4-7-11-19)25-20-12-8-5-9-13-20/h4-17H,1-3H3. The first-order chi connectivity index (χ1) is 12.4. The molecule has 0 amide bonds. The largest absolute Gasteiger partial charge is 0.462 e. The average molecular weight is 366 g/mol. The molecule has 0 saturated carbocycles. The molecular formula is C22H23O3P. The molecule has 0 bridgehead atoms. The lowest BCUT2D eigenvalue weighted by molar-refractivity contribution is 0.399. The maximum absolute atomic E-state index is 13.7. The van der Waals surface area contributed by atoms with Crippen molar-refractivity contribution >= 4 is 12.9 Å². The summed E-state index contributed by atoms with van der Waals surface area (Å²) in [6, 6.07) is 25.8. The molecule has 0 atom stereocenters. The van der Waals surface area contributed by atoms with Crippen LogP contribution in [0.1, 0.15) is 26.3 Å². The second-order valence-corrected chi connectivity index (χ2v) is 8.98. The van der Waals surface area contributed by atoms with Gasteiger partial charge in [-0.25, -0.2) is 4.57 Å². The maximum Gasteiger partial charge on any atom is 0.462 e. The highest BCUT2D eigenvalue weighted by Crippen LogP contribution is 2.47. The maximum atomic E-state index is 13.7. The predicted molar refractivity (Wildman–Crippen MR) is 107 cm³/mol. The Morgan fingerprint density at radius 1 is 0.654 bits per heavy atom. The number of rotatable bonds is 5. The van der Waals surface area contributed by atoms with Gasteiger partial charge in [0.05, 0.1) is 5.30 Å². The Kier molecular flexibility index (Phi) is 5.20. The van der Waals surface area contributed by atoms with Crippen molar-refractivity contribution in [2.45, 2.75) is 26.2 Å². The Labute approximate surface area is 155 Å². The van der Waals surface area contributed by atoms with E-state index >= 15 is 0 Å². The van der Waals surface area contributed by atoms with Gasteiger partial charge in [0.1, 0.15) is 11.5 Å². The van der Waals surface area contributed by atoms with Crippen LogP contribution in [-0.2, 0) is 9.98 Å². The Balaban J connectivity index is 1.98. The molecule has 0 aliphatic rings. The average Bonchev–Trinajstić information content (AvgIpc) is 2.63. The van der Waals surface area contributed by atoms with E-state index in [2.05, 4.69) is 20.8 Å². The van der Waals surface area contributed by atoms with Gasteiger partial charge in [-0.2, -0.15) is 0 Å². The van der Waals surface area contributed by atoms with Crippen LogP contribution in [0, 0.1) is 0 Å². The Morgan fingerprint density at radius 3 is 1.46 bits per heavy atom. The summed E-state index contributed by atoms with van der Waals surface area (Å²) in [4.78, 5) is 0. The van der Waals surface area contributed by atoms with Gasteiger partial charge in [-0.05, 0) is 47.4 Å².